The van der Waals surface area contributed by atoms with Gasteiger partial charge in [-0.2, -0.15) is 0 Å². The zero-order valence-electron chi connectivity index (χ0n) is 40.6. The molecule has 1 aliphatic rings. The summed E-state index contributed by atoms with van der Waals surface area (Å²) in [5, 5.41) is 0. The van der Waals surface area contributed by atoms with Crippen molar-refractivity contribution in [2.75, 3.05) is 26.4 Å². The van der Waals surface area contributed by atoms with Gasteiger partial charge < -0.3 is 23.7 Å². The summed E-state index contributed by atoms with van der Waals surface area (Å²) in [5.41, 5.74) is 1.27. The Morgan fingerprint density at radius 1 is 0.532 bits per heavy atom. The van der Waals surface area contributed by atoms with Crippen molar-refractivity contribution in [1.29, 1.82) is 0 Å². The van der Waals surface area contributed by atoms with Crippen molar-refractivity contribution >= 4 is 30.2 Å². The lowest BCUT2D eigenvalue weighted by molar-refractivity contribution is -0.150. The molecule has 62 heavy (non-hydrogen) atoms. The van der Waals surface area contributed by atoms with Crippen LogP contribution in [-0.4, -0.2) is 62.7 Å². The quantitative estimate of drug-likeness (QED) is 0.0192. The second-order valence-corrected chi connectivity index (χ2v) is 18.7. The Labute approximate surface area is 378 Å². The molecule has 1 aliphatic carbocycles. The number of esters is 3. The average molecular weight is 877 g/mol. The summed E-state index contributed by atoms with van der Waals surface area (Å²) < 4.78 is 29.3. The Morgan fingerprint density at radius 2 is 0.952 bits per heavy atom. The maximum atomic E-state index is 13.5. The van der Waals surface area contributed by atoms with Crippen LogP contribution in [0.4, 0.5) is 0 Å². The van der Waals surface area contributed by atoms with Crippen LogP contribution in [0, 0.1) is 23.7 Å². The second kappa shape index (κ2) is 38.5. The predicted molar refractivity (Wildman–Crippen MR) is 248 cm³/mol. The van der Waals surface area contributed by atoms with Crippen LogP contribution in [0.15, 0.2) is 11.3 Å². The molecule has 0 N–H and O–H groups in total. The number of hydrogen-bond acceptors (Lipinski definition) is 10. The minimum absolute atomic E-state index is 0.0240. The molecule has 1 saturated carbocycles. The molecule has 0 radical (unpaired) electrons. The molecule has 0 spiro atoms. The molecule has 0 aromatic rings. The minimum Gasteiger partial charge on any atom is -0.495 e. The fraction of sp³-hybridized carbons (Fsp3) is 0.865. The zero-order chi connectivity index (χ0) is 45.6. The molecular weight excluding hydrogens is 785 g/mol. The molecule has 3 atom stereocenters. The molecule has 0 aromatic carbocycles. The first-order valence-corrected chi connectivity index (χ1v) is 25.5. The van der Waals surface area contributed by atoms with Crippen LogP contribution in [0.5, 0.6) is 0 Å². The van der Waals surface area contributed by atoms with E-state index in [1.165, 1.54) is 63.4 Å². The van der Waals surface area contributed by atoms with Crippen LogP contribution in [-0.2, 0) is 47.7 Å². The van der Waals surface area contributed by atoms with Crippen molar-refractivity contribution in [2.24, 2.45) is 23.7 Å². The van der Waals surface area contributed by atoms with Gasteiger partial charge in [0.05, 0.1) is 38.3 Å². The Kier molecular flexibility index (Phi) is 35.5. The number of unbranched alkanes of at least 4 members (excludes halogenated alkanes) is 15. The molecule has 1 rings (SSSR count). The van der Waals surface area contributed by atoms with E-state index in [0.29, 0.717) is 50.9 Å². The van der Waals surface area contributed by atoms with Crippen molar-refractivity contribution in [2.45, 2.75) is 240 Å². The molecule has 0 aliphatic heterocycles. The number of Topliss-reactive ketones (excluding diaryl/α,β-unsaturated/α-hetero) is 1. The molecule has 1 fully saturated rings. The molecule has 0 amide bonds. The third-order valence-electron chi connectivity index (χ3n) is 12.1. The highest BCUT2D eigenvalue weighted by Gasteiger charge is 2.28. The lowest BCUT2D eigenvalue weighted by atomic mass is 9.87. The van der Waals surface area contributed by atoms with Crippen LogP contribution >= 0.6 is 0 Å². The zero-order valence-corrected chi connectivity index (χ0v) is 40.6. The fourth-order valence-electron chi connectivity index (χ4n) is 8.09. The largest absolute Gasteiger partial charge is 0.495 e. The van der Waals surface area contributed by atoms with Gasteiger partial charge in [0.1, 0.15) is 5.78 Å². The van der Waals surface area contributed by atoms with E-state index in [0.717, 1.165) is 95.7 Å². The van der Waals surface area contributed by atoms with E-state index < -0.39 is 5.92 Å². The summed E-state index contributed by atoms with van der Waals surface area (Å²) >= 11 is 0. The van der Waals surface area contributed by atoms with Gasteiger partial charge in [-0.15, -0.1) is 0 Å². The van der Waals surface area contributed by atoms with Crippen LogP contribution in [0.1, 0.15) is 234 Å². The smallest absolute Gasteiger partial charge is 0.305 e. The topological polar surface area (TPSA) is 132 Å². The van der Waals surface area contributed by atoms with E-state index in [1.807, 2.05) is 0 Å². The third-order valence-corrected chi connectivity index (χ3v) is 12.1. The number of ether oxygens (including phenoxy) is 5. The highest BCUT2D eigenvalue weighted by molar-refractivity contribution is 5.79. The predicted octanol–water partition coefficient (Wildman–Crippen LogP) is 13.3. The van der Waals surface area contributed by atoms with Gasteiger partial charge in [0, 0.05) is 50.4 Å². The van der Waals surface area contributed by atoms with E-state index in [4.69, 9.17) is 23.7 Å². The average Bonchev–Trinajstić information content (AvgIpc) is 3.22. The molecule has 10 heteroatoms. The number of carbonyl (C=O) groups excluding carboxylic acids is 5. The lowest BCUT2D eigenvalue weighted by Crippen LogP contribution is -2.27. The second-order valence-electron chi connectivity index (χ2n) is 18.7. The van der Waals surface area contributed by atoms with Gasteiger partial charge in [-0.25, -0.2) is 0 Å². The van der Waals surface area contributed by atoms with Crippen molar-refractivity contribution in [3.05, 3.63) is 11.3 Å². The monoisotopic (exact) mass is 877 g/mol. The summed E-state index contributed by atoms with van der Waals surface area (Å²) in [6, 6.07) is 0. The highest BCUT2D eigenvalue weighted by atomic mass is 16.6. The highest BCUT2D eigenvalue weighted by Crippen LogP contribution is 2.35. The number of rotatable bonds is 43. The molecule has 0 saturated heterocycles. The number of carbonyl (C=O) groups is 5. The molecule has 3 unspecified atom stereocenters. The molecule has 0 heterocycles. The van der Waals surface area contributed by atoms with E-state index >= 15 is 0 Å². The van der Waals surface area contributed by atoms with E-state index in [-0.39, 0.29) is 74.5 Å². The van der Waals surface area contributed by atoms with Crippen molar-refractivity contribution in [1.82, 2.24) is 0 Å². The minimum atomic E-state index is -0.395. The van der Waals surface area contributed by atoms with Crippen LogP contribution in [0.25, 0.3) is 0 Å². The van der Waals surface area contributed by atoms with Crippen molar-refractivity contribution in [3.8, 4) is 0 Å². The van der Waals surface area contributed by atoms with Crippen LogP contribution in [0.3, 0.4) is 0 Å². The molecular formula is C52H92O10. The Balaban J connectivity index is 2.98. The van der Waals surface area contributed by atoms with E-state index in [1.54, 1.807) is 0 Å². The van der Waals surface area contributed by atoms with Gasteiger partial charge in [-0.05, 0) is 68.8 Å². The summed E-state index contributed by atoms with van der Waals surface area (Å²) in [6.45, 7) is 13.8. The van der Waals surface area contributed by atoms with E-state index in [2.05, 4.69) is 41.5 Å². The third kappa shape index (κ3) is 31.0. The number of hydrogen-bond donors (Lipinski definition) is 0. The summed E-state index contributed by atoms with van der Waals surface area (Å²) in [4.78, 5) is 62.8. The van der Waals surface area contributed by atoms with Gasteiger partial charge in [-0.1, -0.05) is 144 Å². The van der Waals surface area contributed by atoms with Crippen LogP contribution < -0.4 is 0 Å². The van der Waals surface area contributed by atoms with Crippen molar-refractivity contribution in [3.63, 3.8) is 0 Å². The first-order valence-electron chi connectivity index (χ1n) is 25.5. The standard InChI is InChI=1S/C52H92O10/c1-7-11-14-17-20-23-29-50(55)59-38-44(37-58-41-53)34-47(54)33-43(10-4)35-48(32-42(5)6)62-49(46-27-26-28-46)36-45(39-60-51(56)30-24-21-18-15-12-8-2)40-61-52(57)31-25-22-19-16-13-9-3/h41-45,48H,7-40H2,1-6H3. The molecule has 0 aromatic heterocycles. The Hall–Kier alpha value is -2.91. The maximum absolute atomic E-state index is 13.5. The summed E-state index contributed by atoms with van der Waals surface area (Å²) in [5.74, 6) is 0.0870. The first kappa shape index (κ1) is 57.1. The summed E-state index contributed by atoms with van der Waals surface area (Å²) in [7, 11) is 0. The first-order chi connectivity index (χ1) is 30.0. The van der Waals surface area contributed by atoms with Gasteiger partial charge in [0.15, 0.2) is 0 Å². The Morgan fingerprint density at radius 3 is 1.34 bits per heavy atom. The lowest BCUT2D eigenvalue weighted by Gasteiger charge is -2.31. The molecule has 360 valence electrons. The van der Waals surface area contributed by atoms with Crippen LogP contribution in [0.2, 0.25) is 0 Å². The maximum Gasteiger partial charge on any atom is 0.305 e. The number of ketones is 1. The SMILES string of the molecule is CCCCCCCCC(=O)OCC(COC=O)CC(=O)CC(CC)CC(CC(C)C)OC(CC(COC(=O)CCCCCCCC)COC(=O)CCCCCCCC)=C1CCC1. The normalized spacial score (nSPS) is 13.9. The molecule has 10 nitrogen and oxygen atoms in total. The van der Waals surface area contributed by atoms with Crippen molar-refractivity contribution < 1.29 is 47.7 Å². The van der Waals surface area contributed by atoms with Gasteiger partial charge in [0.2, 0.25) is 0 Å². The summed E-state index contributed by atoms with van der Waals surface area (Å²) in [6.07, 6.45) is 26.9. The molecule has 0 bridgehead atoms. The number of allylic oxidation sites excluding steroid dienone is 2. The Bertz CT molecular complexity index is 1170. The van der Waals surface area contributed by atoms with Gasteiger partial charge in [-0.3, -0.25) is 24.0 Å². The van der Waals surface area contributed by atoms with Gasteiger partial charge >= 0.3 is 17.9 Å². The van der Waals surface area contributed by atoms with E-state index in [9.17, 15) is 24.0 Å². The van der Waals surface area contributed by atoms with Gasteiger partial charge in [0.25, 0.3) is 6.47 Å². The fourth-order valence-corrected chi connectivity index (χ4v) is 8.09.